The lowest BCUT2D eigenvalue weighted by Crippen LogP contribution is -1.99. The van der Waals surface area contributed by atoms with Gasteiger partial charge in [0.25, 0.3) is 0 Å². The SMILES string of the molecule is C/C=C/C(=O)CP(C)(C)=O. The Hall–Kier alpha value is -0.360. The Balaban J connectivity index is 3.93. The topological polar surface area (TPSA) is 34.1 Å². The van der Waals surface area contributed by atoms with Gasteiger partial charge in [-0.1, -0.05) is 6.08 Å². The fourth-order valence-corrected chi connectivity index (χ4v) is 1.47. The van der Waals surface area contributed by atoms with Gasteiger partial charge in [0.15, 0.2) is 5.78 Å². The van der Waals surface area contributed by atoms with E-state index in [9.17, 15) is 9.36 Å². The van der Waals surface area contributed by atoms with Crippen LogP contribution in [0.25, 0.3) is 0 Å². The number of carbonyl (C=O) groups is 1. The summed E-state index contributed by atoms with van der Waals surface area (Å²) in [4.78, 5) is 10.8. The predicted octanol–water partition coefficient (Wildman–Crippen LogP) is 1.75. The molecule has 0 spiro atoms. The monoisotopic (exact) mass is 160 g/mol. The molecule has 0 unspecified atom stereocenters. The molecule has 0 aromatic heterocycles. The molecule has 3 heteroatoms. The van der Waals surface area contributed by atoms with Crippen molar-refractivity contribution in [1.82, 2.24) is 0 Å². The lowest BCUT2D eigenvalue weighted by Gasteiger charge is -2.00. The van der Waals surface area contributed by atoms with Crippen molar-refractivity contribution >= 4 is 12.9 Å². The van der Waals surface area contributed by atoms with E-state index >= 15 is 0 Å². The van der Waals surface area contributed by atoms with Crippen LogP contribution in [0.1, 0.15) is 6.92 Å². The van der Waals surface area contributed by atoms with Gasteiger partial charge < -0.3 is 4.57 Å². The van der Waals surface area contributed by atoms with Crippen LogP contribution in [0.4, 0.5) is 0 Å². The summed E-state index contributed by atoms with van der Waals surface area (Å²) in [6.07, 6.45) is 3.31. The van der Waals surface area contributed by atoms with Gasteiger partial charge in [-0.3, -0.25) is 4.79 Å². The molecule has 0 radical (unpaired) electrons. The van der Waals surface area contributed by atoms with E-state index in [1.165, 1.54) is 6.08 Å². The fourth-order valence-electron chi connectivity index (χ4n) is 0.614. The van der Waals surface area contributed by atoms with Gasteiger partial charge in [0.05, 0.1) is 13.3 Å². The van der Waals surface area contributed by atoms with Gasteiger partial charge in [0.2, 0.25) is 0 Å². The summed E-state index contributed by atoms with van der Waals surface area (Å²) in [6, 6.07) is 0. The van der Waals surface area contributed by atoms with Crippen LogP contribution in [-0.4, -0.2) is 25.3 Å². The molecular weight excluding hydrogens is 147 g/mol. The van der Waals surface area contributed by atoms with Crippen LogP contribution in [0.2, 0.25) is 0 Å². The molecule has 0 aromatic rings. The Morgan fingerprint density at radius 1 is 1.50 bits per heavy atom. The summed E-state index contributed by atoms with van der Waals surface area (Å²) in [5, 5.41) is 0. The number of hydrogen-bond acceptors (Lipinski definition) is 2. The van der Waals surface area contributed by atoms with E-state index in [2.05, 4.69) is 0 Å². The zero-order valence-electron chi connectivity index (χ0n) is 6.63. The largest absolute Gasteiger partial charge is 0.324 e. The van der Waals surface area contributed by atoms with Gasteiger partial charge in [-0.05, 0) is 26.3 Å². The second-order valence-corrected chi connectivity index (χ2v) is 6.16. The van der Waals surface area contributed by atoms with E-state index in [0.29, 0.717) is 0 Å². The highest BCUT2D eigenvalue weighted by molar-refractivity contribution is 7.63. The van der Waals surface area contributed by atoms with E-state index in [1.54, 1.807) is 26.3 Å². The van der Waals surface area contributed by atoms with Crippen molar-refractivity contribution < 1.29 is 9.36 Å². The summed E-state index contributed by atoms with van der Waals surface area (Å²) < 4.78 is 11.0. The molecule has 0 amide bonds. The molecule has 0 heterocycles. The smallest absolute Gasteiger partial charge is 0.162 e. The van der Waals surface area contributed by atoms with Crippen LogP contribution in [0.15, 0.2) is 12.2 Å². The summed E-state index contributed by atoms with van der Waals surface area (Å²) in [5.74, 6) is -0.0455. The van der Waals surface area contributed by atoms with E-state index < -0.39 is 7.14 Å². The summed E-state index contributed by atoms with van der Waals surface area (Å²) in [7, 11) is -2.15. The Labute approximate surface area is 61.7 Å². The first-order chi connectivity index (χ1) is 4.45. The van der Waals surface area contributed by atoms with Crippen molar-refractivity contribution in [1.29, 1.82) is 0 Å². The van der Waals surface area contributed by atoms with Crippen LogP contribution in [-0.2, 0) is 9.36 Å². The summed E-state index contributed by atoms with van der Waals surface area (Å²) in [6.45, 7) is 5.01. The van der Waals surface area contributed by atoms with Crippen molar-refractivity contribution in [3.63, 3.8) is 0 Å². The molecule has 0 bridgehead atoms. The summed E-state index contributed by atoms with van der Waals surface area (Å²) in [5.41, 5.74) is 0. The third-order valence-corrected chi connectivity index (χ3v) is 1.96. The maximum absolute atomic E-state index is 11.0. The number of allylic oxidation sites excluding steroid dienone is 2. The van der Waals surface area contributed by atoms with Gasteiger partial charge in [0.1, 0.15) is 0 Å². The van der Waals surface area contributed by atoms with E-state index in [0.717, 1.165) is 0 Å². The Bertz CT molecular complexity index is 188. The van der Waals surface area contributed by atoms with Crippen molar-refractivity contribution in [3.05, 3.63) is 12.2 Å². The second-order valence-electron chi connectivity index (χ2n) is 2.70. The Morgan fingerprint density at radius 3 is 2.30 bits per heavy atom. The first-order valence-electron chi connectivity index (χ1n) is 3.15. The van der Waals surface area contributed by atoms with E-state index in [4.69, 9.17) is 0 Å². The average molecular weight is 160 g/mol. The van der Waals surface area contributed by atoms with Crippen molar-refractivity contribution in [2.45, 2.75) is 6.92 Å². The predicted molar refractivity (Wildman–Crippen MR) is 44.1 cm³/mol. The molecule has 0 fully saturated rings. The van der Waals surface area contributed by atoms with Gasteiger partial charge in [0, 0.05) is 0 Å². The summed E-state index contributed by atoms with van der Waals surface area (Å²) >= 11 is 0. The van der Waals surface area contributed by atoms with Crippen LogP contribution in [0.5, 0.6) is 0 Å². The van der Waals surface area contributed by atoms with Crippen LogP contribution < -0.4 is 0 Å². The van der Waals surface area contributed by atoms with Gasteiger partial charge in [-0.25, -0.2) is 0 Å². The second kappa shape index (κ2) is 3.72. The molecule has 0 N–H and O–H groups in total. The first-order valence-corrected chi connectivity index (χ1v) is 5.94. The van der Waals surface area contributed by atoms with Gasteiger partial charge in [-0.15, -0.1) is 0 Å². The molecule has 2 nitrogen and oxygen atoms in total. The van der Waals surface area contributed by atoms with E-state index in [-0.39, 0.29) is 11.9 Å². The lowest BCUT2D eigenvalue weighted by atomic mass is 10.4. The van der Waals surface area contributed by atoms with Gasteiger partial charge >= 0.3 is 0 Å². The molecule has 0 rings (SSSR count). The highest BCUT2D eigenvalue weighted by atomic mass is 31.2. The van der Waals surface area contributed by atoms with Crippen molar-refractivity contribution in [2.24, 2.45) is 0 Å². The third kappa shape index (κ3) is 5.77. The molecule has 0 aliphatic heterocycles. The van der Waals surface area contributed by atoms with Crippen LogP contribution >= 0.6 is 7.14 Å². The normalized spacial score (nSPS) is 12.3. The Kier molecular flexibility index (Phi) is 3.59. The first kappa shape index (κ1) is 9.64. The highest BCUT2D eigenvalue weighted by Gasteiger charge is 2.10. The molecule has 58 valence electrons. The molecular formula is C7H13O2P. The number of carbonyl (C=O) groups excluding carboxylic acids is 1. The van der Waals surface area contributed by atoms with Crippen molar-refractivity contribution in [3.8, 4) is 0 Å². The lowest BCUT2D eigenvalue weighted by molar-refractivity contribution is -0.112. The number of rotatable bonds is 3. The van der Waals surface area contributed by atoms with E-state index in [1.807, 2.05) is 0 Å². The minimum absolute atomic E-state index is 0.0455. The zero-order valence-corrected chi connectivity index (χ0v) is 7.52. The molecule has 0 aliphatic rings. The fraction of sp³-hybridized carbons (Fsp3) is 0.571. The quantitative estimate of drug-likeness (QED) is 0.465. The minimum Gasteiger partial charge on any atom is -0.324 e. The van der Waals surface area contributed by atoms with Crippen LogP contribution in [0.3, 0.4) is 0 Å². The standard InChI is InChI=1S/C7H13O2P/c1-4-5-7(8)6-10(2,3)9/h4-5H,6H2,1-3H3/b5-4+. The average Bonchev–Trinajstić information content (AvgIpc) is 1.59. The maximum Gasteiger partial charge on any atom is 0.162 e. The number of ketones is 1. The van der Waals surface area contributed by atoms with Crippen LogP contribution in [0, 0.1) is 0 Å². The van der Waals surface area contributed by atoms with Crippen molar-refractivity contribution in [2.75, 3.05) is 19.5 Å². The number of hydrogen-bond donors (Lipinski definition) is 0. The zero-order chi connectivity index (χ0) is 8.20. The molecule has 0 saturated heterocycles. The minimum atomic E-state index is -2.15. The molecule has 0 aliphatic carbocycles. The molecule has 10 heavy (non-hydrogen) atoms. The highest BCUT2D eigenvalue weighted by Crippen LogP contribution is 2.35. The third-order valence-electron chi connectivity index (χ3n) is 0.889. The molecule has 0 atom stereocenters. The molecule has 0 saturated carbocycles. The maximum atomic E-state index is 11.0. The Morgan fingerprint density at radius 2 is 2.00 bits per heavy atom. The molecule has 0 aromatic carbocycles. The van der Waals surface area contributed by atoms with Gasteiger partial charge in [-0.2, -0.15) is 0 Å².